The van der Waals surface area contributed by atoms with Crippen molar-refractivity contribution in [2.45, 2.75) is 32.0 Å². The average molecular weight is 336 g/mol. The highest BCUT2D eigenvalue weighted by Gasteiger charge is 2.15. The van der Waals surface area contributed by atoms with Gasteiger partial charge in [-0.25, -0.2) is 4.39 Å². The minimum atomic E-state index is -0.660. The molecule has 2 aromatic rings. The van der Waals surface area contributed by atoms with Gasteiger partial charge in [0.15, 0.2) is 10.9 Å². The monoisotopic (exact) mass is 336 g/mol. The van der Waals surface area contributed by atoms with E-state index in [1.807, 2.05) is 18.4 Å². The van der Waals surface area contributed by atoms with Crippen LogP contribution in [-0.4, -0.2) is 32.2 Å². The van der Waals surface area contributed by atoms with E-state index < -0.39 is 5.82 Å². The molecule has 1 N–H and O–H groups in total. The standard InChI is InChI=1S/C15H17FN4O2S/c1-9(2)20-8-17-19-15(20)23-7-14(22)12-5-4-11(6-13(12)16)18-10(3)21/h4-6,8-9H,7H2,1-3H3,(H,18,21). The second-order valence-corrected chi connectivity index (χ2v) is 6.14. The van der Waals surface area contributed by atoms with Crippen molar-refractivity contribution in [1.82, 2.24) is 14.8 Å². The zero-order valence-corrected chi connectivity index (χ0v) is 13.9. The molecular formula is C15H17FN4O2S. The molecule has 0 aliphatic rings. The first-order chi connectivity index (χ1) is 10.9. The Balaban J connectivity index is 2.06. The van der Waals surface area contributed by atoms with E-state index in [4.69, 9.17) is 0 Å². The van der Waals surface area contributed by atoms with Crippen molar-refractivity contribution in [2.75, 3.05) is 11.1 Å². The van der Waals surface area contributed by atoms with Crippen LogP contribution in [0.5, 0.6) is 0 Å². The van der Waals surface area contributed by atoms with Crippen LogP contribution in [-0.2, 0) is 4.79 Å². The summed E-state index contributed by atoms with van der Waals surface area (Å²) in [7, 11) is 0. The summed E-state index contributed by atoms with van der Waals surface area (Å²) >= 11 is 1.21. The van der Waals surface area contributed by atoms with Crippen LogP contribution in [0.4, 0.5) is 10.1 Å². The highest BCUT2D eigenvalue weighted by molar-refractivity contribution is 7.99. The number of Topliss-reactive ketones (excluding diaryl/α,β-unsaturated/α-hetero) is 1. The molecule has 0 atom stereocenters. The van der Waals surface area contributed by atoms with Gasteiger partial charge in [-0.2, -0.15) is 0 Å². The van der Waals surface area contributed by atoms with Crippen LogP contribution in [0.3, 0.4) is 0 Å². The lowest BCUT2D eigenvalue weighted by Gasteiger charge is -2.09. The summed E-state index contributed by atoms with van der Waals surface area (Å²) < 4.78 is 15.9. The molecule has 0 spiro atoms. The van der Waals surface area contributed by atoms with E-state index >= 15 is 0 Å². The first-order valence-electron chi connectivity index (χ1n) is 7.01. The molecule has 23 heavy (non-hydrogen) atoms. The lowest BCUT2D eigenvalue weighted by atomic mass is 10.1. The minimum absolute atomic E-state index is 0.0118. The second-order valence-electron chi connectivity index (χ2n) is 5.20. The average Bonchev–Trinajstić information content (AvgIpc) is 2.92. The summed E-state index contributed by atoms with van der Waals surface area (Å²) in [6, 6.07) is 4.18. The van der Waals surface area contributed by atoms with Crippen molar-refractivity contribution in [3.63, 3.8) is 0 Å². The topological polar surface area (TPSA) is 76.9 Å². The van der Waals surface area contributed by atoms with Crippen LogP contribution in [0.2, 0.25) is 0 Å². The van der Waals surface area contributed by atoms with Crippen LogP contribution >= 0.6 is 11.8 Å². The van der Waals surface area contributed by atoms with Gasteiger partial charge in [-0.05, 0) is 32.0 Å². The van der Waals surface area contributed by atoms with Gasteiger partial charge in [0.1, 0.15) is 12.1 Å². The summed E-state index contributed by atoms with van der Waals surface area (Å²) in [5.41, 5.74) is 0.306. The van der Waals surface area contributed by atoms with Crippen LogP contribution in [0.15, 0.2) is 29.7 Å². The first kappa shape index (κ1) is 17.1. The minimum Gasteiger partial charge on any atom is -0.326 e. The number of nitrogens with zero attached hydrogens (tertiary/aromatic N) is 3. The number of anilines is 1. The number of benzene rings is 1. The predicted octanol–water partition coefficient (Wildman–Crippen LogP) is 2.93. The second kappa shape index (κ2) is 7.36. The van der Waals surface area contributed by atoms with E-state index in [0.717, 1.165) is 6.07 Å². The van der Waals surface area contributed by atoms with Gasteiger partial charge in [-0.15, -0.1) is 10.2 Å². The van der Waals surface area contributed by atoms with Gasteiger partial charge < -0.3 is 9.88 Å². The van der Waals surface area contributed by atoms with Gasteiger partial charge in [-0.3, -0.25) is 9.59 Å². The molecule has 8 heteroatoms. The molecule has 0 aliphatic heterocycles. The molecule has 1 aromatic heterocycles. The molecule has 0 aliphatic carbocycles. The third-order valence-corrected chi connectivity index (χ3v) is 3.98. The number of amides is 1. The number of thioether (sulfide) groups is 1. The third kappa shape index (κ3) is 4.38. The summed E-state index contributed by atoms with van der Waals surface area (Å²) in [4.78, 5) is 23.1. The van der Waals surface area contributed by atoms with Gasteiger partial charge in [0.05, 0.1) is 11.3 Å². The number of hydrogen-bond donors (Lipinski definition) is 1. The number of nitrogens with one attached hydrogen (secondary N) is 1. The van der Waals surface area contributed by atoms with Crippen LogP contribution in [0.1, 0.15) is 37.2 Å². The number of ketones is 1. The van der Waals surface area contributed by atoms with Crippen molar-refractivity contribution >= 4 is 29.1 Å². The smallest absolute Gasteiger partial charge is 0.221 e. The quantitative estimate of drug-likeness (QED) is 0.648. The highest BCUT2D eigenvalue weighted by atomic mass is 32.2. The zero-order valence-electron chi connectivity index (χ0n) is 13.0. The van der Waals surface area contributed by atoms with E-state index in [9.17, 15) is 14.0 Å². The van der Waals surface area contributed by atoms with Gasteiger partial charge in [-0.1, -0.05) is 11.8 Å². The Hall–Kier alpha value is -2.22. The summed E-state index contributed by atoms with van der Waals surface area (Å²) in [6.45, 7) is 5.30. The number of hydrogen-bond acceptors (Lipinski definition) is 5. The van der Waals surface area contributed by atoms with E-state index in [1.54, 1.807) is 6.33 Å². The Kier molecular flexibility index (Phi) is 5.49. The lowest BCUT2D eigenvalue weighted by molar-refractivity contribution is -0.114. The van der Waals surface area contributed by atoms with E-state index in [-0.39, 0.29) is 29.0 Å². The number of carbonyl (C=O) groups is 2. The maximum Gasteiger partial charge on any atom is 0.221 e. The maximum atomic E-state index is 14.0. The fourth-order valence-corrected chi connectivity index (χ4v) is 2.85. The van der Waals surface area contributed by atoms with Gasteiger partial charge in [0.2, 0.25) is 5.91 Å². The van der Waals surface area contributed by atoms with E-state index in [0.29, 0.717) is 10.8 Å². The third-order valence-electron chi connectivity index (χ3n) is 3.02. The van der Waals surface area contributed by atoms with E-state index in [2.05, 4.69) is 15.5 Å². The Morgan fingerprint density at radius 2 is 2.13 bits per heavy atom. The van der Waals surface area contributed by atoms with E-state index in [1.165, 1.54) is 30.8 Å². The number of rotatable bonds is 6. The highest BCUT2D eigenvalue weighted by Crippen LogP contribution is 2.22. The van der Waals surface area contributed by atoms with Gasteiger partial charge in [0.25, 0.3) is 0 Å². The fraction of sp³-hybridized carbons (Fsp3) is 0.333. The lowest BCUT2D eigenvalue weighted by Crippen LogP contribution is -2.10. The van der Waals surface area contributed by atoms with Gasteiger partial charge in [0, 0.05) is 18.7 Å². The molecule has 6 nitrogen and oxygen atoms in total. The van der Waals surface area contributed by atoms with Crippen molar-refractivity contribution in [2.24, 2.45) is 0 Å². The van der Waals surface area contributed by atoms with Crippen molar-refractivity contribution in [3.05, 3.63) is 35.9 Å². The zero-order chi connectivity index (χ0) is 17.0. The molecule has 0 fully saturated rings. The molecule has 0 unspecified atom stereocenters. The van der Waals surface area contributed by atoms with Crippen molar-refractivity contribution in [1.29, 1.82) is 0 Å². The number of aromatic nitrogens is 3. The summed E-state index contributed by atoms with van der Waals surface area (Å²) in [5.74, 6) is -1.25. The number of halogens is 1. The molecular weight excluding hydrogens is 319 g/mol. The van der Waals surface area contributed by atoms with Crippen LogP contribution in [0, 0.1) is 5.82 Å². The predicted molar refractivity (Wildman–Crippen MR) is 86.2 cm³/mol. The number of carbonyl (C=O) groups excluding carboxylic acids is 2. The van der Waals surface area contributed by atoms with Crippen LogP contribution < -0.4 is 5.32 Å². The molecule has 2 rings (SSSR count). The van der Waals surface area contributed by atoms with Crippen molar-refractivity contribution < 1.29 is 14.0 Å². The Morgan fingerprint density at radius 1 is 1.39 bits per heavy atom. The van der Waals surface area contributed by atoms with Gasteiger partial charge >= 0.3 is 0 Å². The van der Waals surface area contributed by atoms with Crippen LogP contribution in [0.25, 0.3) is 0 Å². The molecule has 0 saturated carbocycles. The molecule has 0 bridgehead atoms. The Labute approximate surface area is 137 Å². The van der Waals surface area contributed by atoms with Crippen molar-refractivity contribution in [3.8, 4) is 0 Å². The normalized spacial score (nSPS) is 10.8. The maximum absolute atomic E-state index is 14.0. The molecule has 122 valence electrons. The first-order valence-corrected chi connectivity index (χ1v) is 7.99. The molecule has 0 saturated heterocycles. The fourth-order valence-electron chi connectivity index (χ4n) is 1.92. The Bertz CT molecular complexity index is 730. The largest absolute Gasteiger partial charge is 0.326 e. The molecule has 0 radical (unpaired) electrons. The molecule has 1 amide bonds. The SMILES string of the molecule is CC(=O)Nc1ccc(C(=O)CSc2nncn2C(C)C)c(F)c1. The molecule has 1 aromatic carbocycles. The molecule has 1 heterocycles. The summed E-state index contributed by atoms with van der Waals surface area (Å²) in [6.07, 6.45) is 1.60. The Morgan fingerprint density at radius 3 is 2.74 bits per heavy atom. The summed E-state index contributed by atoms with van der Waals surface area (Å²) in [5, 5.41) is 10.9.